The van der Waals surface area contributed by atoms with Gasteiger partial charge in [0.1, 0.15) is 5.75 Å². The van der Waals surface area contributed by atoms with E-state index in [2.05, 4.69) is 46.1 Å². The van der Waals surface area contributed by atoms with Gasteiger partial charge in [0, 0.05) is 49.4 Å². The summed E-state index contributed by atoms with van der Waals surface area (Å²) in [4.78, 5) is 15.4. The number of ether oxygens (including phenoxy) is 1. The second-order valence-corrected chi connectivity index (χ2v) is 7.87. The van der Waals surface area contributed by atoms with E-state index >= 15 is 0 Å². The number of anilines is 1. The van der Waals surface area contributed by atoms with Crippen LogP contribution in [0.5, 0.6) is 5.75 Å². The van der Waals surface area contributed by atoms with Crippen molar-refractivity contribution in [2.24, 2.45) is 4.99 Å². The molecule has 1 aliphatic rings. The largest absolute Gasteiger partial charge is 0.497 e. The lowest BCUT2D eigenvalue weighted by atomic mass is 10.2. The van der Waals surface area contributed by atoms with Crippen LogP contribution in [0, 0.1) is 13.8 Å². The molecule has 1 aromatic heterocycles. The molecule has 0 bridgehead atoms. The fourth-order valence-electron chi connectivity index (χ4n) is 3.28. The van der Waals surface area contributed by atoms with Gasteiger partial charge in [-0.1, -0.05) is 6.07 Å². The van der Waals surface area contributed by atoms with Gasteiger partial charge in [-0.25, -0.2) is 9.98 Å². The van der Waals surface area contributed by atoms with Crippen LogP contribution in [-0.2, 0) is 6.54 Å². The molecule has 3 rings (SSSR count). The van der Waals surface area contributed by atoms with Crippen LogP contribution >= 0.6 is 11.3 Å². The molecule has 0 amide bonds. The molecule has 2 heterocycles. The van der Waals surface area contributed by atoms with Crippen LogP contribution in [0.25, 0.3) is 0 Å². The number of aromatic nitrogens is 1. The molecule has 0 radical (unpaired) electrons. The summed E-state index contributed by atoms with van der Waals surface area (Å²) in [6.45, 7) is 11.6. The van der Waals surface area contributed by atoms with E-state index in [1.807, 2.05) is 19.1 Å². The van der Waals surface area contributed by atoms with Crippen molar-refractivity contribution in [2.75, 3.05) is 44.7 Å². The summed E-state index contributed by atoms with van der Waals surface area (Å²) in [5, 5.41) is 4.55. The Morgan fingerprint density at radius 1 is 1.26 bits per heavy atom. The molecule has 0 aliphatic carbocycles. The molecule has 27 heavy (non-hydrogen) atoms. The van der Waals surface area contributed by atoms with Gasteiger partial charge in [-0.2, -0.15) is 0 Å². The maximum absolute atomic E-state index is 5.35. The smallest absolute Gasteiger partial charge is 0.194 e. The van der Waals surface area contributed by atoms with Gasteiger partial charge in [0.05, 0.1) is 24.4 Å². The third kappa shape index (κ3) is 4.91. The SMILES string of the molecule is CCNC(=NCc1sc(C)nc1C)N1CCN(c2cccc(OC)c2)CC1. The number of aliphatic imine (C=N–C) groups is 1. The zero-order valence-corrected chi connectivity index (χ0v) is 17.5. The Labute approximate surface area is 165 Å². The number of hydrogen-bond acceptors (Lipinski definition) is 5. The topological polar surface area (TPSA) is 53.0 Å². The molecule has 1 aromatic carbocycles. The van der Waals surface area contributed by atoms with Crippen molar-refractivity contribution in [3.8, 4) is 5.75 Å². The first-order valence-electron chi connectivity index (χ1n) is 9.46. The Kier molecular flexibility index (Phi) is 6.55. The minimum Gasteiger partial charge on any atom is -0.497 e. The van der Waals surface area contributed by atoms with Gasteiger partial charge in [0.2, 0.25) is 0 Å². The van der Waals surface area contributed by atoms with Gasteiger partial charge in [-0.15, -0.1) is 11.3 Å². The molecule has 0 atom stereocenters. The number of hydrogen-bond donors (Lipinski definition) is 1. The molecule has 2 aromatic rings. The molecule has 1 aliphatic heterocycles. The van der Waals surface area contributed by atoms with Gasteiger partial charge in [-0.3, -0.25) is 0 Å². The Morgan fingerprint density at radius 3 is 2.67 bits per heavy atom. The van der Waals surface area contributed by atoms with Gasteiger partial charge in [0.15, 0.2) is 5.96 Å². The van der Waals surface area contributed by atoms with Crippen molar-refractivity contribution in [1.82, 2.24) is 15.2 Å². The van der Waals surface area contributed by atoms with E-state index in [9.17, 15) is 0 Å². The van der Waals surface area contributed by atoms with E-state index in [0.29, 0.717) is 6.54 Å². The van der Waals surface area contributed by atoms with Crippen molar-refractivity contribution in [1.29, 1.82) is 0 Å². The monoisotopic (exact) mass is 387 g/mol. The normalized spacial score (nSPS) is 15.2. The number of guanidine groups is 1. The van der Waals surface area contributed by atoms with Crippen molar-refractivity contribution >= 4 is 23.0 Å². The average molecular weight is 388 g/mol. The van der Waals surface area contributed by atoms with Crippen LogP contribution in [0.3, 0.4) is 0 Å². The first-order valence-corrected chi connectivity index (χ1v) is 10.3. The van der Waals surface area contributed by atoms with E-state index in [1.54, 1.807) is 18.4 Å². The zero-order valence-electron chi connectivity index (χ0n) is 16.7. The zero-order chi connectivity index (χ0) is 19.2. The number of piperazine rings is 1. The lowest BCUT2D eigenvalue weighted by Crippen LogP contribution is -2.52. The van der Waals surface area contributed by atoms with E-state index in [-0.39, 0.29) is 0 Å². The molecule has 0 saturated carbocycles. The standard InChI is InChI=1S/C20H29N5OS/c1-5-21-20(22-14-19-15(2)23-16(3)27-19)25-11-9-24(10-12-25)17-7-6-8-18(13-17)26-4/h6-8,13H,5,9-12,14H2,1-4H3,(H,21,22). The summed E-state index contributed by atoms with van der Waals surface area (Å²) in [6.07, 6.45) is 0. The van der Waals surface area contributed by atoms with Crippen LogP contribution < -0.4 is 15.0 Å². The van der Waals surface area contributed by atoms with E-state index < -0.39 is 0 Å². The summed E-state index contributed by atoms with van der Waals surface area (Å²) in [7, 11) is 1.71. The average Bonchev–Trinajstić information content (AvgIpc) is 3.02. The molecule has 146 valence electrons. The molecule has 1 N–H and O–H groups in total. The molecule has 1 saturated heterocycles. The maximum atomic E-state index is 5.35. The molecule has 0 spiro atoms. The predicted octanol–water partition coefficient (Wildman–Crippen LogP) is 3.06. The highest BCUT2D eigenvalue weighted by Crippen LogP contribution is 2.22. The fourth-order valence-corrected chi connectivity index (χ4v) is 4.14. The number of methoxy groups -OCH3 is 1. The summed E-state index contributed by atoms with van der Waals surface area (Å²) >= 11 is 1.74. The van der Waals surface area contributed by atoms with Crippen LogP contribution in [0.15, 0.2) is 29.3 Å². The number of nitrogens with zero attached hydrogens (tertiary/aromatic N) is 4. The Hall–Kier alpha value is -2.28. The van der Waals surface area contributed by atoms with Crippen LogP contribution in [0.2, 0.25) is 0 Å². The molecular formula is C20H29N5OS. The number of thiazole rings is 1. The third-order valence-corrected chi connectivity index (χ3v) is 5.76. The van der Waals surface area contributed by atoms with E-state index in [0.717, 1.165) is 55.1 Å². The first-order chi connectivity index (χ1) is 13.1. The van der Waals surface area contributed by atoms with Crippen molar-refractivity contribution in [3.63, 3.8) is 0 Å². The fraction of sp³-hybridized carbons (Fsp3) is 0.500. The Morgan fingerprint density at radius 2 is 2.04 bits per heavy atom. The highest BCUT2D eigenvalue weighted by Gasteiger charge is 2.20. The second-order valence-electron chi connectivity index (χ2n) is 6.59. The highest BCUT2D eigenvalue weighted by molar-refractivity contribution is 7.11. The first kappa shape index (κ1) is 19.5. The van der Waals surface area contributed by atoms with E-state index in [1.165, 1.54) is 10.6 Å². The quantitative estimate of drug-likeness (QED) is 0.631. The summed E-state index contributed by atoms with van der Waals surface area (Å²) in [5.41, 5.74) is 2.31. The molecule has 6 nitrogen and oxygen atoms in total. The van der Waals surface area contributed by atoms with Crippen molar-refractivity contribution in [2.45, 2.75) is 27.3 Å². The van der Waals surface area contributed by atoms with Gasteiger partial charge < -0.3 is 19.9 Å². The molecule has 7 heteroatoms. The van der Waals surface area contributed by atoms with Crippen LogP contribution in [0.1, 0.15) is 22.5 Å². The highest BCUT2D eigenvalue weighted by atomic mass is 32.1. The molecule has 0 unspecified atom stereocenters. The lowest BCUT2D eigenvalue weighted by molar-refractivity contribution is 0.372. The Bertz CT molecular complexity index is 780. The van der Waals surface area contributed by atoms with Gasteiger partial charge in [0.25, 0.3) is 0 Å². The third-order valence-electron chi connectivity index (χ3n) is 4.70. The summed E-state index contributed by atoms with van der Waals surface area (Å²) < 4.78 is 5.35. The van der Waals surface area contributed by atoms with Crippen LogP contribution in [0.4, 0.5) is 5.69 Å². The number of nitrogens with one attached hydrogen (secondary N) is 1. The van der Waals surface area contributed by atoms with Crippen molar-refractivity contribution < 1.29 is 4.74 Å². The lowest BCUT2D eigenvalue weighted by Gasteiger charge is -2.37. The minimum atomic E-state index is 0.690. The van der Waals surface area contributed by atoms with Crippen molar-refractivity contribution in [3.05, 3.63) is 39.8 Å². The maximum Gasteiger partial charge on any atom is 0.194 e. The second kappa shape index (κ2) is 9.08. The van der Waals surface area contributed by atoms with Gasteiger partial charge in [-0.05, 0) is 32.9 Å². The van der Waals surface area contributed by atoms with E-state index in [4.69, 9.17) is 9.73 Å². The summed E-state index contributed by atoms with van der Waals surface area (Å²) in [5.74, 6) is 1.90. The predicted molar refractivity (Wildman–Crippen MR) is 113 cm³/mol. The number of aryl methyl sites for hydroxylation is 2. The van der Waals surface area contributed by atoms with Crippen LogP contribution in [-0.4, -0.2) is 55.7 Å². The summed E-state index contributed by atoms with van der Waals surface area (Å²) in [6, 6.07) is 8.28. The number of rotatable bonds is 5. The number of benzene rings is 1. The minimum absolute atomic E-state index is 0.690. The molecule has 1 fully saturated rings. The Balaban J connectivity index is 1.64. The molecular weight excluding hydrogens is 358 g/mol. The van der Waals surface area contributed by atoms with Gasteiger partial charge >= 0.3 is 0 Å².